The van der Waals surface area contributed by atoms with E-state index < -0.39 is 0 Å². The van der Waals surface area contributed by atoms with Gasteiger partial charge in [0.15, 0.2) is 0 Å². The summed E-state index contributed by atoms with van der Waals surface area (Å²) in [6.45, 7) is 0. The van der Waals surface area contributed by atoms with E-state index in [4.69, 9.17) is 0 Å². The molecule has 24 heavy (non-hydrogen) atoms. The molecule has 0 aliphatic rings. The van der Waals surface area contributed by atoms with Crippen LogP contribution in [0.4, 0.5) is 0 Å². The summed E-state index contributed by atoms with van der Waals surface area (Å²) in [5, 5.41) is 12.3. The largest absolute Gasteiger partial charge is 0.507 e. The fourth-order valence-electron chi connectivity index (χ4n) is 3.03. The Morgan fingerprint density at radius 3 is 1.83 bits per heavy atom. The number of fused-ring (bicyclic) bond motifs is 3. The van der Waals surface area contributed by atoms with E-state index in [0.717, 1.165) is 21.8 Å². The summed E-state index contributed by atoms with van der Waals surface area (Å²) in [6, 6.07) is 24.6. The summed E-state index contributed by atoms with van der Waals surface area (Å²) in [5.74, 6) is -0.309. The van der Waals surface area contributed by atoms with Crippen molar-refractivity contribution in [3.63, 3.8) is 0 Å². The molecule has 3 nitrogen and oxygen atoms in total. The van der Waals surface area contributed by atoms with Crippen LogP contribution < -0.4 is 0 Å². The summed E-state index contributed by atoms with van der Waals surface area (Å²) in [6.07, 6.45) is 1.27. The van der Waals surface area contributed by atoms with Crippen LogP contribution in [0.5, 0.6) is 0 Å². The lowest BCUT2D eigenvalue weighted by Crippen LogP contribution is -2.07. The highest BCUT2D eigenvalue weighted by atomic mass is 16.3. The number of rotatable bonds is 2. The molecule has 3 aromatic carbocycles. The van der Waals surface area contributed by atoms with E-state index >= 15 is 0 Å². The van der Waals surface area contributed by atoms with Gasteiger partial charge in [0.25, 0.3) is 5.91 Å². The van der Waals surface area contributed by atoms with E-state index in [1.807, 2.05) is 66.7 Å². The number of nitrogens with zero attached hydrogens (tertiary/aromatic N) is 1. The van der Waals surface area contributed by atoms with E-state index in [-0.39, 0.29) is 11.7 Å². The van der Waals surface area contributed by atoms with Gasteiger partial charge in [-0.15, -0.1) is 0 Å². The topological polar surface area (TPSA) is 42.2 Å². The second kappa shape index (κ2) is 5.70. The van der Waals surface area contributed by atoms with Gasteiger partial charge >= 0.3 is 0 Å². The molecule has 0 spiro atoms. The van der Waals surface area contributed by atoms with E-state index in [2.05, 4.69) is 0 Å². The number of hydrogen-bond acceptors (Lipinski definition) is 2. The second-order valence-corrected chi connectivity index (χ2v) is 5.60. The number of carbonyl (C=O) groups excluding carboxylic acids is 1. The molecule has 0 saturated carbocycles. The van der Waals surface area contributed by atoms with Gasteiger partial charge in [-0.3, -0.25) is 9.36 Å². The highest BCUT2D eigenvalue weighted by molar-refractivity contribution is 6.15. The molecule has 0 radical (unpaired) electrons. The van der Waals surface area contributed by atoms with Crippen molar-refractivity contribution in [2.45, 2.75) is 0 Å². The Kier molecular flexibility index (Phi) is 3.39. The Balaban J connectivity index is 1.91. The zero-order valence-electron chi connectivity index (χ0n) is 12.9. The summed E-state index contributed by atoms with van der Waals surface area (Å²) < 4.78 is 1.64. The predicted molar refractivity (Wildman–Crippen MR) is 97.1 cm³/mol. The predicted octanol–water partition coefficient (Wildman–Crippen LogP) is 5.03. The lowest BCUT2D eigenvalue weighted by Gasteiger charge is -2.04. The van der Waals surface area contributed by atoms with Crippen molar-refractivity contribution in [1.29, 1.82) is 0 Å². The normalized spacial score (nSPS) is 11.9. The van der Waals surface area contributed by atoms with Gasteiger partial charge in [-0.05, 0) is 12.1 Å². The molecule has 4 aromatic rings. The van der Waals surface area contributed by atoms with Crippen LogP contribution in [0.25, 0.3) is 27.6 Å². The first-order chi connectivity index (χ1) is 11.8. The molecule has 0 unspecified atom stereocenters. The first-order valence-corrected chi connectivity index (χ1v) is 7.74. The third kappa shape index (κ3) is 2.27. The van der Waals surface area contributed by atoms with E-state index in [1.165, 1.54) is 6.08 Å². The van der Waals surface area contributed by atoms with Crippen LogP contribution in [0.15, 0.2) is 84.9 Å². The van der Waals surface area contributed by atoms with Gasteiger partial charge in [-0.2, -0.15) is 0 Å². The Labute approximate surface area is 139 Å². The van der Waals surface area contributed by atoms with Crippen LogP contribution >= 0.6 is 0 Å². The molecule has 0 fully saturated rings. The molecule has 0 aliphatic heterocycles. The highest BCUT2D eigenvalue weighted by Gasteiger charge is 2.14. The Morgan fingerprint density at radius 1 is 0.750 bits per heavy atom. The van der Waals surface area contributed by atoms with Crippen molar-refractivity contribution >= 4 is 33.5 Å². The SMILES string of the molecule is O=C(/C=C(\O)c1ccccc1)n1c2ccccc2c2ccccc21. The molecule has 0 amide bonds. The third-order valence-electron chi connectivity index (χ3n) is 4.13. The van der Waals surface area contributed by atoms with Crippen molar-refractivity contribution in [2.75, 3.05) is 0 Å². The van der Waals surface area contributed by atoms with Gasteiger partial charge < -0.3 is 5.11 Å². The number of allylic oxidation sites excluding steroid dienone is 1. The minimum atomic E-state index is -0.270. The Bertz CT molecular complexity index is 1020. The van der Waals surface area contributed by atoms with Gasteiger partial charge in [0.1, 0.15) is 5.76 Å². The smallest absolute Gasteiger partial charge is 0.259 e. The number of aliphatic hydroxyl groups excluding tert-OH is 1. The first-order valence-electron chi connectivity index (χ1n) is 7.74. The molecule has 0 aliphatic carbocycles. The molecule has 0 bridgehead atoms. The van der Waals surface area contributed by atoms with Crippen LogP contribution in [0, 0.1) is 0 Å². The number of benzene rings is 3. The maximum absolute atomic E-state index is 12.8. The minimum absolute atomic E-state index is 0.0394. The zero-order valence-corrected chi connectivity index (χ0v) is 12.9. The van der Waals surface area contributed by atoms with Gasteiger partial charge in [0.2, 0.25) is 0 Å². The van der Waals surface area contributed by atoms with Crippen LogP contribution in [0.2, 0.25) is 0 Å². The molecule has 3 heteroatoms. The average Bonchev–Trinajstić information content (AvgIpc) is 2.97. The molecule has 0 saturated heterocycles. The molecule has 116 valence electrons. The molecule has 1 N–H and O–H groups in total. The van der Waals surface area contributed by atoms with Crippen molar-refractivity contribution in [1.82, 2.24) is 4.57 Å². The van der Waals surface area contributed by atoms with Crippen LogP contribution in [0.3, 0.4) is 0 Å². The number of aromatic nitrogens is 1. The standard InChI is InChI=1S/C21H15NO2/c23-20(15-8-2-1-3-9-15)14-21(24)22-18-12-6-4-10-16(18)17-11-5-7-13-19(17)22/h1-14,23H/b20-14-. The van der Waals surface area contributed by atoms with Gasteiger partial charge in [0.05, 0.1) is 11.0 Å². The van der Waals surface area contributed by atoms with Crippen molar-refractivity contribution in [3.8, 4) is 0 Å². The number of carbonyl (C=O) groups is 1. The Morgan fingerprint density at radius 2 is 1.25 bits per heavy atom. The second-order valence-electron chi connectivity index (χ2n) is 5.60. The van der Waals surface area contributed by atoms with Crippen molar-refractivity contribution < 1.29 is 9.90 Å². The summed E-state index contributed by atoms with van der Waals surface area (Å²) in [5.41, 5.74) is 2.29. The quantitative estimate of drug-likeness (QED) is 0.416. The van der Waals surface area contributed by atoms with Crippen LogP contribution in [-0.4, -0.2) is 15.6 Å². The molecule has 4 rings (SSSR count). The lowest BCUT2D eigenvalue weighted by atomic mass is 10.2. The first kappa shape index (κ1) is 14.3. The maximum atomic E-state index is 12.8. The van der Waals surface area contributed by atoms with Crippen LogP contribution in [0.1, 0.15) is 10.4 Å². The Hall–Kier alpha value is -3.33. The number of para-hydroxylation sites is 2. The zero-order chi connectivity index (χ0) is 16.5. The lowest BCUT2D eigenvalue weighted by molar-refractivity contribution is 0.0977. The minimum Gasteiger partial charge on any atom is -0.507 e. The highest BCUT2D eigenvalue weighted by Crippen LogP contribution is 2.29. The van der Waals surface area contributed by atoms with Crippen molar-refractivity contribution in [3.05, 3.63) is 90.5 Å². The fourth-order valence-corrected chi connectivity index (χ4v) is 3.03. The summed E-state index contributed by atoms with van der Waals surface area (Å²) in [4.78, 5) is 12.8. The molecular formula is C21H15NO2. The number of hydrogen-bond donors (Lipinski definition) is 1. The van der Waals surface area contributed by atoms with E-state index in [9.17, 15) is 9.90 Å². The molecule has 1 heterocycles. The molecule has 1 aromatic heterocycles. The van der Waals surface area contributed by atoms with Gasteiger partial charge in [-0.1, -0.05) is 66.7 Å². The molecular weight excluding hydrogens is 298 g/mol. The van der Waals surface area contributed by atoms with E-state index in [1.54, 1.807) is 16.7 Å². The van der Waals surface area contributed by atoms with Crippen LogP contribution in [-0.2, 0) is 0 Å². The fraction of sp³-hybridized carbons (Fsp3) is 0. The average molecular weight is 313 g/mol. The third-order valence-corrected chi connectivity index (χ3v) is 4.13. The van der Waals surface area contributed by atoms with Gasteiger partial charge in [-0.25, -0.2) is 0 Å². The maximum Gasteiger partial charge on any atom is 0.259 e. The summed E-state index contributed by atoms with van der Waals surface area (Å²) >= 11 is 0. The number of aliphatic hydroxyl groups is 1. The molecule has 0 atom stereocenters. The van der Waals surface area contributed by atoms with Crippen molar-refractivity contribution in [2.24, 2.45) is 0 Å². The monoisotopic (exact) mass is 313 g/mol. The van der Waals surface area contributed by atoms with E-state index in [0.29, 0.717) is 5.56 Å². The van der Waals surface area contributed by atoms with Gasteiger partial charge in [0, 0.05) is 22.4 Å². The summed E-state index contributed by atoms with van der Waals surface area (Å²) in [7, 11) is 0.